The number of hydrogen-bond donors (Lipinski definition) is 2. The first-order valence-electron chi connectivity index (χ1n) is 7.88. The largest absolute Gasteiger partial charge is 0.360 e. The Kier molecular flexibility index (Phi) is 5.84. The van der Waals surface area contributed by atoms with Crippen molar-refractivity contribution < 1.29 is 9.18 Å². The number of aromatic nitrogens is 4. The average molecular weight is 392 g/mol. The molecule has 0 radical (unpaired) electrons. The number of aryl methyl sites for hydroxylation is 1. The van der Waals surface area contributed by atoms with E-state index in [2.05, 4.69) is 25.9 Å². The molecule has 0 fully saturated rings. The summed E-state index contributed by atoms with van der Waals surface area (Å²) in [5, 5.41) is 19.0. The second-order valence-electron chi connectivity index (χ2n) is 5.30. The molecule has 136 valence electrons. The first-order chi connectivity index (χ1) is 12.5. The Hall–Kier alpha value is -2.46. The third-order valence-corrected chi connectivity index (χ3v) is 5.25. The van der Waals surface area contributed by atoms with Crippen LogP contribution in [-0.2, 0) is 4.79 Å². The number of anilines is 2. The van der Waals surface area contributed by atoms with Crippen LogP contribution in [0.1, 0.15) is 12.6 Å². The number of thioether (sulfide) groups is 1. The Morgan fingerprint density at radius 2 is 2.08 bits per heavy atom. The Bertz CT molecular complexity index is 893. The lowest BCUT2D eigenvalue weighted by Gasteiger charge is -2.08. The lowest BCUT2D eigenvalue weighted by atomic mass is 10.3. The van der Waals surface area contributed by atoms with Gasteiger partial charge in [-0.05, 0) is 38.1 Å². The number of hydrogen-bond acceptors (Lipinski definition) is 7. The third-order valence-electron chi connectivity index (χ3n) is 3.23. The van der Waals surface area contributed by atoms with Gasteiger partial charge in [-0.1, -0.05) is 23.1 Å². The number of carbonyl (C=O) groups is 1. The minimum Gasteiger partial charge on any atom is -0.360 e. The molecule has 0 aliphatic rings. The van der Waals surface area contributed by atoms with Crippen LogP contribution < -0.4 is 10.6 Å². The van der Waals surface area contributed by atoms with E-state index in [4.69, 9.17) is 0 Å². The molecule has 0 bridgehead atoms. The summed E-state index contributed by atoms with van der Waals surface area (Å²) in [5.41, 5.74) is 1.42. The number of halogens is 1. The monoisotopic (exact) mass is 392 g/mol. The van der Waals surface area contributed by atoms with E-state index in [-0.39, 0.29) is 17.5 Å². The summed E-state index contributed by atoms with van der Waals surface area (Å²) in [6, 6.07) is 7.68. The average Bonchev–Trinajstić information content (AvgIpc) is 3.21. The zero-order chi connectivity index (χ0) is 18.5. The van der Waals surface area contributed by atoms with E-state index in [0.717, 1.165) is 21.7 Å². The number of nitrogens with one attached hydrogen (secondary N) is 2. The van der Waals surface area contributed by atoms with Gasteiger partial charge in [-0.3, -0.25) is 4.79 Å². The van der Waals surface area contributed by atoms with Gasteiger partial charge in [0.2, 0.25) is 11.0 Å². The Labute approximate surface area is 158 Å². The number of carbonyl (C=O) groups excluding carboxylic acids is 1. The van der Waals surface area contributed by atoms with Crippen molar-refractivity contribution in [3.63, 3.8) is 0 Å². The molecule has 1 aromatic carbocycles. The molecular formula is C16H17FN6OS2. The van der Waals surface area contributed by atoms with Crippen LogP contribution in [0.15, 0.2) is 34.7 Å². The molecule has 3 aromatic rings. The van der Waals surface area contributed by atoms with Crippen LogP contribution in [0.2, 0.25) is 0 Å². The molecule has 0 spiro atoms. The molecule has 0 atom stereocenters. The van der Waals surface area contributed by atoms with Crippen LogP contribution in [-0.4, -0.2) is 38.2 Å². The fourth-order valence-corrected chi connectivity index (χ4v) is 3.78. The number of nitrogens with zero attached hydrogens (tertiary/aromatic N) is 4. The molecule has 0 aliphatic carbocycles. The van der Waals surface area contributed by atoms with Gasteiger partial charge < -0.3 is 10.6 Å². The van der Waals surface area contributed by atoms with Crippen molar-refractivity contribution in [1.82, 2.24) is 20.0 Å². The molecule has 2 heterocycles. The van der Waals surface area contributed by atoms with Crippen LogP contribution in [0.25, 0.3) is 5.69 Å². The van der Waals surface area contributed by atoms with Crippen LogP contribution in [0.3, 0.4) is 0 Å². The van der Waals surface area contributed by atoms with E-state index in [9.17, 15) is 9.18 Å². The second-order valence-corrected chi connectivity index (χ2v) is 7.50. The first-order valence-corrected chi connectivity index (χ1v) is 9.68. The predicted molar refractivity (Wildman–Crippen MR) is 102 cm³/mol. The van der Waals surface area contributed by atoms with Gasteiger partial charge in [-0.25, -0.2) is 9.07 Å². The lowest BCUT2D eigenvalue weighted by molar-refractivity contribution is -0.113. The van der Waals surface area contributed by atoms with Gasteiger partial charge in [0.05, 0.1) is 17.1 Å². The predicted octanol–water partition coefficient (Wildman–Crippen LogP) is 3.33. The highest BCUT2D eigenvalue weighted by Gasteiger charge is 2.13. The summed E-state index contributed by atoms with van der Waals surface area (Å²) in [6.45, 7) is 4.58. The minimum absolute atomic E-state index is 0.182. The van der Waals surface area contributed by atoms with E-state index in [1.165, 1.54) is 35.2 Å². The number of amides is 1. The SMILES string of the molecule is CCNc1nnc(SCC(=O)Nc2cc(C)nn2-c2ccc(F)cc2)s1. The van der Waals surface area contributed by atoms with Crippen molar-refractivity contribution >= 4 is 40.0 Å². The van der Waals surface area contributed by atoms with Crippen LogP contribution in [0.4, 0.5) is 15.3 Å². The van der Waals surface area contributed by atoms with Gasteiger partial charge >= 0.3 is 0 Å². The normalized spacial score (nSPS) is 10.7. The van der Waals surface area contributed by atoms with Crippen LogP contribution in [0, 0.1) is 12.7 Å². The molecule has 0 aliphatic heterocycles. The second kappa shape index (κ2) is 8.28. The molecule has 1 amide bonds. The number of benzene rings is 1. The molecule has 0 saturated heterocycles. The fraction of sp³-hybridized carbons (Fsp3) is 0.250. The van der Waals surface area contributed by atoms with Crippen molar-refractivity contribution in [3.05, 3.63) is 41.8 Å². The summed E-state index contributed by atoms with van der Waals surface area (Å²) in [6.07, 6.45) is 0. The van der Waals surface area contributed by atoms with Crippen molar-refractivity contribution in [3.8, 4) is 5.69 Å². The molecule has 7 nitrogen and oxygen atoms in total. The number of rotatable bonds is 7. The minimum atomic E-state index is -0.325. The van der Waals surface area contributed by atoms with Gasteiger partial charge in [-0.15, -0.1) is 10.2 Å². The Morgan fingerprint density at radius 3 is 2.81 bits per heavy atom. The fourth-order valence-electron chi connectivity index (χ4n) is 2.16. The van der Waals surface area contributed by atoms with Crippen molar-refractivity contribution in [1.29, 1.82) is 0 Å². The van der Waals surface area contributed by atoms with Gasteiger partial charge in [0.15, 0.2) is 4.34 Å². The van der Waals surface area contributed by atoms with Crippen molar-refractivity contribution in [2.24, 2.45) is 0 Å². The van der Waals surface area contributed by atoms with E-state index in [1.807, 2.05) is 13.8 Å². The van der Waals surface area contributed by atoms with Crippen LogP contribution >= 0.6 is 23.1 Å². The third kappa shape index (κ3) is 4.58. The van der Waals surface area contributed by atoms with Gasteiger partial charge in [0.25, 0.3) is 0 Å². The van der Waals surface area contributed by atoms with E-state index in [0.29, 0.717) is 11.5 Å². The van der Waals surface area contributed by atoms with Gasteiger partial charge in [0, 0.05) is 12.6 Å². The molecule has 10 heteroatoms. The zero-order valence-electron chi connectivity index (χ0n) is 14.2. The highest BCUT2D eigenvalue weighted by molar-refractivity contribution is 8.01. The molecular weight excluding hydrogens is 375 g/mol. The summed E-state index contributed by atoms with van der Waals surface area (Å²) < 4.78 is 15.4. The molecule has 0 saturated carbocycles. The molecule has 2 N–H and O–H groups in total. The highest BCUT2D eigenvalue weighted by atomic mass is 32.2. The maximum Gasteiger partial charge on any atom is 0.235 e. The molecule has 3 rings (SSSR count). The van der Waals surface area contributed by atoms with Gasteiger partial charge in [-0.2, -0.15) is 5.10 Å². The van der Waals surface area contributed by atoms with Gasteiger partial charge in [0.1, 0.15) is 11.6 Å². The summed E-state index contributed by atoms with van der Waals surface area (Å²) >= 11 is 2.73. The van der Waals surface area contributed by atoms with Crippen molar-refractivity contribution in [2.45, 2.75) is 18.2 Å². The first kappa shape index (κ1) is 18.3. The quantitative estimate of drug-likeness (QED) is 0.600. The topological polar surface area (TPSA) is 84.7 Å². The molecule has 0 unspecified atom stereocenters. The van der Waals surface area contributed by atoms with E-state index in [1.54, 1.807) is 22.9 Å². The van der Waals surface area contributed by atoms with Crippen molar-refractivity contribution in [2.75, 3.05) is 22.9 Å². The van der Waals surface area contributed by atoms with Crippen LogP contribution in [0.5, 0.6) is 0 Å². The van der Waals surface area contributed by atoms with E-state index < -0.39 is 0 Å². The zero-order valence-corrected chi connectivity index (χ0v) is 15.8. The standard InChI is InChI=1S/C16H17FN6OS2/c1-3-18-15-20-21-16(26-15)25-9-14(24)19-13-8-10(2)22-23(13)12-6-4-11(17)5-7-12/h4-8H,3,9H2,1-2H3,(H,18,20)(H,19,24). The Balaban J connectivity index is 1.64. The smallest absolute Gasteiger partial charge is 0.235 e. The summed E-state index contributed by atoms with van der Waals surface area (Å²) in [7, 11) is 0. The summed E-state index contributed by atoms with van der Waals surface area (Å²) in [5.74, 6) is 0.228. The maximum absolute atomic E-state index is 13.1. The summed E-state index contributed by atoms with van der Waals surface area (Å²) in [4.78, 5) is 12.3. The highest BCUT2D eigenvalue weighted by Crippen LogP contribution is 2.25. The lowest BCUT2D eigenvalue weighted by Crippen LogP contribution is -2.16. The molecule has 2 aromatic heterocycles. The Morgan fingerprint density at radius 1 is 1.31 bits per heavy atom. The van der Waals surface area contributed by atoms with E-state index >= 15 is 0 Å². The maximum atomic E-state index is 13.1. The molecule has 26 heavy (non-hydrogen) atoms.